The van der Waals surface area contributed by atoms with E-state index in [4.69, 9.17) is 5.11 Å². The number of rotatable bonds is 3. The van der Waals surface area contributed by atoms with Crippen LogP contribution in [-0.2, 0) is 4.79 Å². The van der Waals surface area contributed by atoms with Crippen LogP contribution < -0.4 is 5.32 Å². The van der Waals surface area contributed by atoms with Crippen LogP contribution in [0.5, 0.6) is 0 Å². The summed E-state index contributed by atoms with van der Waals surface area (Å²) in [5.74, 6) is 0.182. The Morgan fingerprint density at radius 3 is 2.53 bits per heavy atom. The number of thioether (sulfide) groups is 1. The van der Waals surface area contributed by atoms with Crippen LogP contribution in [0.3, 0.4) is 0 Å². The first-order valence-electron chi connectivity index (χ1n) is 7.04. The molecule has 2 fully saturated rings. The van der Waals surface area contributed by atoms with Crippen molar-refractivity contribution >= 4 is 23.8 Å². The number of nitrogens with zero attached hydrogens (tertiary/aromatic N) is 1. The molecule has 2 N–H and O–H groups in total. The molecule has 0 spiro atoms. The number of hydrogen-bond donors (Lipinski definition) is 2. The number of carboxylic acids is 1. The number of carbonyl (C=O) groups excluding carboxylic acids is 1. The number of nitrogens with one attached hydrogen (secondary N) is 1. The lowest BCUT2D eigenvalue weighted by molar-refractivity contribution is -0.143. The maximum Gasteiger partial charge on any atom is 0.317 e. The third-order valence-electron chi connectivity index (χ3n) is 3.89. The summed E-state index contributed by atoms with van der Waals surface area (Å²) in [6.45, 7) is 1.85. The molecule has 2 aliphatic heterocycles. The molecule has 0 saturated carbocycles. The number of urea groups is 1. The van der Waals surface area contributed by atoms with Gasteiger partial charge in [0.25, 0.3) is 0 Å². The van der Waals surface area contributed by atoms with Crippen LogP contribution in [-0.4, -0.2) is 52.6 Å². The van der Waals surface area contributed by atoms with Crippen LogP contribution in [0.25, 0.3) is 0 Å². The molecule has 108 valence electrons. The Morgan fingerprint density at radius 1 is 1.21 bits per heavy atom. The number of hydrogen-bond acceptors (Lipinski definition) is 3. The molecule has 1 atom stereocenters. The minimum Gasteiger partial charge on any atom is -0.481 e. The summed E-state index contributed by atoms with van der Waals surface area (Å²) in [5, 5.41) is 12.4. The molecule has 2 aliphatic rings. The van der Waals surface area contributed by atoms with Crippen LogP contribution in [0.4, 0.5) is 4.79 Å². The van der Waals surface area contributed by atoms with E-state index in [-0.39, 0.29) is 11.9 Å². The lowest BCUT2D eigenvalue weighted by Crippen LogP contribution is -2.47. The second-order valence-corrected chi connectivity index (χ2v) is 6.68. The van der Waals surface area contributed by atoms with Gasteiger partial charge in [0, 0.05) is 24.9 Å². The monoisotopic (exact) mass is 286 g/mol. The highest BCUT2D eigenvalue weighted by molar-refractivity contribution is 7.99. The molecule has 0 radical (unpaired) electrons. The largest absolute Gasteiger partial charge is 0.481 e. The molecule has 1 unspecified atom stereocenters. The van der Waals surface area contributed by atoms with Gasteiger partial charge >= 0.3 is 12.0 Å². The summed E-state index contributed by atoms with van der Waals surface area (Å²) in [6.07, 6.45) is 4.88. The van der Waals surface area contributed by atoms with Crippen molar-refractivity contribution in [3.8, 4) is 0 Å². The van der Waals surface area contributed by atoms with Gasteiger partial charge in [-0.25, -0.2) is 4.79 Å². The Bertz CT molecular complexity index is 324. The SMILES string of the molecule is O=C(O)C1CCN(C(=O)NCC2CCCCS2)CC1. The average Bonchev–Trinajstić information content (AvgIpc) is 2.46. The van der Waals surface area contributed by atoms with Gasteiger partial charge in [-0.15, -0.1) is 0 Å². The average molecular weight is 286 g/mol. The summed E-state index contributed by atoms with van der Waals surface area (Å²) in [5.41, 5.74) is 0. The number of amides is 2. The summed E-state index contributed by atoms with van der Waals surface area (Å²) < 4.78 is 0. The Labute approximate surface area is 118 Å². The number of carboxylic acid groups (broad SMARTS) is 1. The van der Waals surface area contributed by atoms with Crippen LogP contribution in [0.1, 0.15) is 32.1 Å². The van der Waals surface area contributed by atoms with E-state index in [0.717, 1.165) is 6.54 Å². The normalized spacial score (nSPS) is 25.1. The molecule has 19 heavy (non-hydrogen) atoms. The number of aliphatic carboxylic acids is 1. The van der Waals surface area contributed by atoms with E-state index < -0.39 is 5.97 Å². The van der Waals surface area contributed by atoms with Gasteiger partial charge in [-0.1, -0.05) is 6.42 Å². The first-order valence-corrected chi connectivity index (χ1v) is 8.09. The first-order chi connectivity index (χ1) is 9.16. The van der Waals surface area contributed by atoms with E-state index in [1.165, 1.54) is 25.0 Å². The minimum atomic E-state index is -0.737. The second-order valence-electron chi connectivity index (χ2n) is 5.27. The Morgan fingerprint density at radius 2 is 1.95 bits per heavy atom. The highest BCUT2D eigenvalue weighted by Gasteiger charge is 2.27. The molecule has 0 aliphatic carbocycles. The van der Waals surface area contributed by atoms with Gasteiger partial charge in [0.1, 0.15) is 0 Å². The molecule has 0 aromatic heterocycles. The van der Waals surface area contributed by atoms with Crippen LogP contribution >= 0.6 is 11.8 Å². The fourth-order valence-corrected chi connectivity index (χ4v) is 3.85. The van der Waals surface area contributed by atoms with Gasteiger partial charge in [0.15, 0.2) is 0 Å². The van der Waals surface area contributed by atoms with Crippen molar-refractivity contribution < 1.29 is 14.7 Å². The topological polar surface area (TPSA) is 69.6 Å². The lowest BCUT2D eigenvalue weighted by atomic mass is 9.97. The number of carbonyl (C=O) groups is 2. The van der Waals surface area contributed by atoms with Gasteiger partial charge in [0.05, 0.1) is 5.92 Å². The fourth-order valence-electron chi connectivity index (χ4n) is 2.61. The zero-order valence-electron chi connectivity index (χ0n) is 11.1. The van der Waals surface area contributed by atoms with Crippen molar-refractivity contribution in [3.05, 3.63) is 0 Å². The number of piperidine rings is 1. The maximum atomic E-state index is 12.0. The lowest BCUT2D eigenvalue weighted by Gasteiger charge is -2.31. The number of likely N-dealkylation sites (tertiary alicyclic amines) is 1. The van der Waals surface area contributed by atoms with Crippen LogP contribution in [0, 0.1) is 5.92 Å². The highest BCUT2D eigenvalue weighted by Crippen LogP contribution is 2.24. The molecule has 0 aromatic rings. The standard InChI is InChI=1S/C13H22N2O3S/c16-12(17)10-4-6-15(7-5-10)13(18)14-9-11-3-1-2-8-19-11/h10-11H,1-9H2,(H,14,18)(H,16,17). The molecule has 6 heteroatoms. The van der Waals surface area contributed by atoms with E-state index in [1.54, 1.807) is 4.90 Å². The second kappa shape index (κ2) is 7.03. The molecule has 2 amide bonds. The van der Waals surface area contributed by atoms with Crippen molar-refractivity contribution in [1.82, 2.24) is 10.2 Å². The van der Waals surface area contributed by atoms with Crippen LogP contribution in [0.15, 0.2) is 0 Å². The molecule has 5 nitrogen and oxygen atoms in total. The van der Waals surface area contributed by atoms with Crippen molar-refractivity contribution in [2.45, 2.75) is 37.4 Å². The highest BCUT2D eigenvalue weighted by atomic mass is 32.2. The molecule has 0 bridgehead atoms. The molecular formula is C13H22N2O3S. The Kier molecular flexibility index (Phi) is 5.36. The van der Waals surface area contributed by atoms with E-state index in [2.05, 4.69) is 5.32 Å². The van der Waals surface area contributed by atoms with Gasteiger partial charge < -0.3 is 15.3 Å². The maximum absolute atomic E-state index is 12.0. The van der Waals surface area contributed by atoms with Gasteiger partial charge in [-0.05, 0) is 31.4 Å². The van der Waals surface area contributed by atoms with E-state index in [1.807, 2.05) is 11.8 Å². The molecule has 0 aromatic carbocycles. The summed E-state index contributed by atoms with van der Waals surface area (Å²) in [4.78, 5) is 24.6. The summed E-state index contributed by atoms with van der Waals surface area (Å²) in [7, 11) is 0. The quantitative estimate of drug-likeness (QED) is 0.829. The predicted molar refractivity (Wildman–Crippen MR) is 75.4 cm³/mol. The zero-order chi connectivity index (χ0) is 13.7. The predicted octanol–water partition coefficient (Wildman–Crippen LogP) is 1.78. The Balaban J connectivity index is 1.67. The van der Waals surface area contributed by atoms with E-state index >= 15 is 0 Å². The van der Waals surface area contributed by atoms with Crippen molar-refractivity contribution in [2.24, 2.45) is 5.92 Å². The van der Waals surface area contributed by atoms with Crippen molar-refractivity contribution in [2.75, 3.05) is 25.4 Å². The van der Waals surface area contributed by atoms with Gasteiger partial charge in [0.2, 0.25) is 0 Å². The van der Waals surface area contributed by atoms with Gasteiger partial charge in [-0.3, -0.25) is 4.79 Å². The van der Waals surface area contributed by atoms with Crippen LogP contribution in [0.2, 0.25) is 0 Å². The van der Waals surface area contributed by atoms with Crippen molar-refractivity contribution in [3.63, 3.8) is 0 Å². The molecule has 2 heterocycles. The van der Waals surface area contributed by atoms with Crippen molar-refractivity contribution in [1.29, 1.82) is 0 Å². The summed E-state index contributed by atoms with van der Waals surface area (Å²) in [6, 6.07) is -0.0324. The minimum absolute atomic E-state index is 0.0324. The smallest absolute Gasteiger partial charge is 0.317 e. The van der Waals surface area contributed by atoms with Gasteiger partial charge in [-0.2, -0.15) is 11.8 Å². The summed E-state index contributed by atoms with van der Waals surface area (Å²) >= 11 is 1.95. The Hall–Kier alpha value is -0.910. The third kappa shape index (κ3) is 4.30. The molecular weight excluding hydrogens is 264 g/mol. The van der Waals surface area contributed by atoms with E-state index in [9.17, 15) is 9.59 Å². The first kappa shape index (κ1) is 14.5. The fraction of sp³-hybridized carbons (Fsp3) is 0.846. The van der Waals surface area contributed by atoms with E-state index in [0.29, 0.717) is 31.2 Å². The molecule has 2 saturated heterocycles. The zero-order valence-corrected chi connectivity index (χ0v) is 12.0. The third-order valence-corrected chi connectivity index (χ3v) is 5.28. The molecule has 2 rings (SSSR count).